The molecule has 0 fully saturated rings. The third kappa shape index (κ3) is 4.36. The summed E-state index contributed by atoms with van der Waals surface area (Å²) in [5, 5.41) is 5.95. The number of carbonyl (C=O) groups is 1. The van der Waals surface area contributed by atoms with Crippen molar-refractivity contribution < 1.29 is 4.79 Å². The van der Waals surface area contributed by atoms with Crippen molar-refractivity contribution in [1.29, 1.82) is 0 Å². The lowest BCUT2D eigenvalue weighted by Crippen LogP contribution is -2.24. The lowest BCUT2D eigenvalue weighted by molar-refractivity contribution is 0.0946. The van der Waals surface area contributed by atoms with E-state index in [0.29, 0.717) is 18.1 Å². The lowest BCUT2D eigenvalue weighted by Gasteiger charge is -2.08. The predicted molar refractivity (Wildman–Crippen MR) is 94.9 cm³/mol. The van der Waals surface area contributed by atoms with E-state index in [1.807, 2.05) is 36.4 Å². The molecule has 0 aliphatic carbocycles. The molecule has 0 bridgehead atoms. The molecule has 24 heavy (non-hydrogen) atoms. The van der Waals surface area contributed by atoms with Crippen LogP contribution in [-0.4, -0.2) is 20.9 Å². The van der Waals surface area contributed by atoms with Crippen LogP contribution < -0.4 is 10.6 Å². The Balaban J connectivity index is 1.67. The Morgan fingerprint density at radius 1 is 1.12 bits per heavy atom. The number of hydrogen-bond acceptors (Lipinski definition) is 5. The fourth-order valence-corrected chi connectivity index (χ4v) is 2.44. The fraction of sp³-hybridized carbons (Fsp3) is 0.0588. The van der Waals surface area contributed by atoms with Crippen LogP contribution in [0.2, 0.25) is 0 Å². The van der Waals surface area contributed by atoms with Crippen LogP contribution >= 0.6 is 15.9 Å². The van der Waals surface area contributed by atoms with Crippen molar-refractivity contribution in [3.05, 3.63) is 76.9 Å². The predicted octanol–water partition coefficient (Wildman–Crippen LogP) is 3.31. The standard InChI is InChI=1S/C17H14BrN5O/c18-13-4-1-5-14(7-13)23-16-8-15(21-11-22-16)17(24)20-10-12-3-2-6-19-9-12/h1-9,11H,10H2,(H,20,24)(H,21,22,23). The number of anilines is 2. The largest absolute Gasteiger partial charge is 0.347 e. The normalized spacial score (nSPS) is 10.2. The molecule has 0 unspecified atom stereocenters. The van der Waals surface area contributed by atoms with E-state index in [-0.39, 0.29) is 5.91 Å². The molecule has 0 aliphatic heterocycles. The van der Waals surface area contributed by atoms with Crippen LogP contribution in [0.1, 0.15) is 16.1 Å². The molecule has 0 spiro atoms. The van der Waals surface area contributed by atoms with E-state index in [9.17, 15) is 4.79 Å². The second-order valence-electron chi connectivity index (χ2n) is 4.97. The minimum atomic E-state index is -0.265. The molecule has 2 aromatic heterocycles. The SMILES string of the molecule is O=C(NCc1cccnc1)c1cc(Nc2cccc(Br)c2)ncn1. The summed E-state index contributed by atoms with van der Waals surface area (Å²) in [7, 11) is 0. The van der Waals surface area contributed by atoms with Crippen LogP contribution in [-0.2, 0) is 6.54 Å². The summed E-state index contributed by atoms with van der Waals surface area (Å²) in [6.45, 7) is 0.394. The highest BCUT2D eigenvalue weighted by Crippen LogP contribution is 2.19. The third-order valence-electron chi connectivity index (χ3n) is 3.17. The highest BCUT2D eigenvalue weighted by atomic mass is 79.9. The van der Waals surface area contributed by atoms with Crippen LogP contribution in [0.5, 0.6) is 0 Å². The second kappa shape index (κ2) is 7.65. The first-order valence-corrected chi connectivity index (χ1v) is 8.02. The van der Waals surface area contributed by atoms with Gasteiger partial charge in [0.05, 0.1) is 0 Å². The van der Waals surface area contributed by atoms with Gasteiger partial charge in [0.2, 0.25) is 0 Å². The Bertz CT molecular complexity index is 841. The maximum Gasteiger partial charge on any atom is 0.270 e. The summed E-state index contributed by atoms with van der Waals surface area (Å²) >= 11 is 3.41. The van der Waals surface area contributed by atoms with Gasteiger partial charge in [-0.1, -0.05) is 28.1 Å². The molecule has 3 rings (SSSR count). The van der Waals surface area contributed by atoms with E-state index in [4.69, 9.17) is 0 Å². The minimum absolute atomic E-state index is 0.265. The minimum Gasteiger partial charge on any atom is -0.347 e. The van der Waals surface area contributed by atoms with E-state index in [0.717, 1.165) is 15.7 Å². The van der Waals surface area contributed by atoms with Gasteiger partial charge in [0.25, 0.3) is 5.91 Å². The van der Waals surface area contributed by atoms with Crippen LogP contribution in [0.25, 0.3) is 0 Å². The Morgan fingerprint density at radius 3 is 2.83 bits per heavy atom. The Kier molecular flexibility index (Phi) is 5.12. The summed E-state index contributed by atoms with van der Waals surface area (Å²) in [5.41, 5.74) is 2.09. The first-order chi connectivity index (χ1) is 11.7. The van der Waals surface area contributed by atoms with E-state index < -0.39 is 0 Å². The number of hydrogen-bond donors (Lipinski definition) is 2. The Hall–Kier alpha value is -2.80. The molecule has 0 aliphatic rings. The highest BCUT2D eigenvalue weighted by molar-refractivity contribution is 9.10. The van der Waals surface area contributed by atoms with Crippen molar-refractivity contribution in [2.75, 3.05) is 5.32 Å². The van der Waals surface area contributed by atoms with Crippen LogP contribution in [0, 0.1) is 0 Å². The molecule has 6 nitrogen and oxygen atoms in total. The number of aromatic nitrogens is 3. The molecule has 120 valence electrons. The zero-order valence-corrected chi connectivity index (χ0v) is 14.2. The number of halogens is 1. The van der Waals surface area contributed by atoms with Crippen molar-refractivity contribution in [2.45, 2.75) is 6.54 Å². The molecule has 0 atom stereocenters. The number of pyridine rings is 1. The molecular weight excluding hydrogens is 370 g/mol. The number of amides is 1. The Morgan fingerprint density at radius 2 is 2.04 bits per heavy atom. The van der Waals surface area contributed by atoms with Crippen molar-refractivity contribution in [3.8, 4) is 0 Å². The molecular formula is C17H14BrN5O. The van der Waals surface area contributed by atoms with E-state index >= 15 is 0 Å². The van der Waals surface area contributed by atoms with Gasteiger partial charge in [0, 0.05) is 35.2 Å². The van der Waals surface area contributed by atoms with Crippen LogP contribution in [0.4, 0.5) is 11.5 Å². The van der Waals surface area contributed by atoms with E-state index in [1.165, 1.54) is 6.33 Å². The molecule has 1 amide bonds. The smallest absolute Gasteiger partial charge is 0.270 e. The quantitative estimate of drug-likeness (QED) is 0.706. The highest BCUT2D eigenvalue weighted by Gasteiger charge is 2.09. The third-order valence-corrected chi connectivity index (χ3v) is 3.67. The summed E-state index contributed by atoms with van der Waals surface area (Å²) in [5.74, 6) is 0.285. The van der Waals surface area contributed by atoms with Gasteiger partial charge in [-0.15, -0.1) is 0 Å². The number of rotatable bonds is 5. The van der Waals surface area contributed by atoms with Crippen molar-refractivity contribution in [2.24, 2.45) is 0 Å². The van der Waals surface area contributed by atoms with Crippen molar-refractivity contribution in [1.82, 2.24) is 20.3 Å². The molecule has 2 heterocycles. The second-order valence-corrected chi connectivity index (χ2v) is 5.88. The monoisotopic (exact) mass is 383 g/mol. The lowest BCUT2D eigenvalue weighted by atomic mass is 10.2. The molecule has 1 aromatic carbocycles. The zero-order chi connectivity index (χ0) is 16.8. The number of benzene rings is 1. The van der Waals surface area contributed by atoms with Gasteiger partial charge < -0.3 is 10.6 Å². The summed E-state index contributed by atoms with van der Waals surface area (Å²) < 4.78 is 0.955. The molecule has 7 heteroatoms. The van der Waals surface area contributed by atoms with Gasteiger partial charge in [0.1, 0.15) is 17.8 Å². The average Bonchev–Trinajstić information content (AvgIpc) is 2.61. The van der Waals surface area contributed by atoms with Crippen molar-refractivity contribution in [3.63, 3.8) is 0 Å². The van der Waals surface area contributed by atoms with Gasteiger partial charge in [-0.2, -0.15) is 0 Å². The van der Waals surface area contributed by atoms with Gasteiger partial charge in [-0.05, 0) is 29.8 Å². The number of nitrogens with one attached hydrogen (secondary N) is 2. The summed E-state index contributed by atoms with van der Waals surface area (Å²) in [6, 6.07) is 13.0. The van der Waals surface area contributed by atoms with Gasteiger partial charge in [0.15, 0.2) is 0 Å². The Labute approximate surface area is 147 Å². The van der Waals surface area contributed by atoms with Gasteiger partial charge in [-0.25, -0.2) is 9.97 Å². The first-order valence-electron chi connectivity index (χ1n) is 7.22. The topological polar surface area (TPSA) is 79.8 Å². The summed E-state index contributed by atoms with van der Waals surface area (Å²) in [6.07, 6.45) is 4.76. The van der Waals surface area contributed by atoms with Crippen LogP contribution in [0.15, 0.2) is 65.7 Å². The number of carbonyl (C=O) groups excluding carboxylic acids is 1. The van der Waals surface area contributed by atoms with Gasteiger partial charge in [-0.3, -0.25) is 9.78 Å². The zero-order valence-electron chi connectivity index (χ0n) is 12.6. The van der Waals surface area contributed by atoms with Crippen LogP contribution in [0.3, 0.4) is 0 Å². The molecule has 0 radical (unpaired) electrons. The molecule has 0 saturated heterocycles. The maximum atomic E-state index is 12.2. The maximum absolute atomic E-state index is 12.2. The van der Waals surface area contributed by atoms with Gasteiger partial charge >= 0.3 is 0 Å². The summed E-state index contributed by atoms with van der Waals surface area (Å²) in [4.78, 5) is 24.4. The fourth-order valence-electron chi connectivity index (χ4n) is 2.04. The van der Waals surface area contributed by atoms with Crippen molar-refractivity contribution >= 4 is 33.3 Å². The molecule has 3 aromatic rings. The van der Waals surface area contributed by atoms with E-state index in [2.05, 4.69) is 41.5 Å². The molecule has 0 saturated carbocycles. The van der Waals surface area contributed by atoms with E-state index in [1.54, 1.807) is 18.5 Å². The number of nitrogens with zero attached hydrogens (tertiary/aromatic N) is 3. The average molecular weight is 384 g/mol. The molecule has 2 N–H and O–H groups in total. The first kappa shape index (κ1) is 16.1.